The molecule has 26 heavy (non-hydrogen) atoms. The first-order valence-electron chi connectivity index (χ1n) is 8.96. The summed E-state index contributed by atoms with van der Waals surface area (Å²) in [5, 5.41) is 4.65. The van der Waals surface area contributed by atoms with Crippen molar-refractivity contribution in [3.05, 3.63) is 40.9 Å². The zero-order valence-electron chi connectivity index (χ0n) is 15.0. The Kier molecular flexibility index (Phi) is 5.08. The third-order valence-corrected chi connectivity index (χ3v) is 5.49. The molecule has 140 valence electrons. The van der Waals surface area contributed by atoms with Crippen molar-refractivity contribution in [1.82, 2.24) is 19.2 Å². The molecule has 0 saturated carbocycles. The molecule has 4 rings (SSSR count). The average molecular weight is 376 g/mol. The monoisotopic (exact) mass is 376 g/mol. The number of benzene rings is 1. The Morgan fingerprint density at radius 3 is 2.54 bits per heavy atom. The Morgan fingerprint density at radius 1 is 1.15 bits per heavy atom. The molecule has 2 aliphatic heterocycles. The van der Waals surface area contributed by atoms with Gasteiger partial charge in [-0.15, -0.1) is 0 Å². The molecule has 7 nitrogen and oxygen atoms in total. The zero-order chi connectivity index (χ0) is 18.0. The molecule has 1 aromatic heterocycles. The lowest BCUT2D eigenvalue weighted by Gasteiger charge is -2.37. The number of hydrogen-bond acceptors (Lipinski definition) is 6. The molecule has 0 bridgehead atoms. The lowest BCUT2D eigenvalue weighted by Crippen LogP contribution is -2.45. The second kappa shape index (κ2) is 7.48. The van der Waals surface area contributed by atoms with Crippen LogP contribution >= 0.6 is 12.2 Å². The molecule has 8 heteroatoms. The van der Waals surface area contributed by atoms with Crippen LogP contribution in [0.3, 0.4) is 0 Å². The lowest BCUT2D eigenvalue weighted by atomic mass is 10.0. The van der Waals surface area contributed by atoms with Crippen LogP contribution in [-0.4, -0.2) is 51.3 Å². The van der Waals surface area contributed by atoms with Crippen molar-refractivity contribution in [1.29, 1.82) is 0 Å². The van der Waals surface area contributed by atoms with E-state index in [0.717, 1.165) is 37.5 Å². The molecular weight excluding hydrogens is 352 g/mol. The Hall–Kier alpha value is -1.74. The van der Waals surface area contributed by atoms with Crippen molar-refractivity contribution in [2.45, 2.75) is 31.9 Å². The van der Waals surface area contributed by atoms with Gasteiger partial charge in [-0.3, -0.25) is 4.90 Å². The maximum absolute atomic E-state index is 5.80. The SMILES string of the molecule is Cn1c(COc2ccccc2)nn(CN2CCC3(CC2)OCCO3)c1=S. The summed E-state index contributed by atoms with van der Waals surface area (Å²) in [6, 6.07) is 9.73. The zero-order valence-corrected chi connectivity index (χ0v) is 15.8. The highest BCUT2D eigenvalue weighted by Gasteiger charge is 2.39. The quantitative estimate of drug-likeness (QED) is 0.747. The van der Waals surface area contributed by atoms with Crippen molar-refractivity contribution < 1.29 is 14.2 Å². The number of likely N-dealkylation sites (tertiary alicyclic amines) is 1. The van der Waals surface area contributed by atoms with Gasteiger partial charge in [0.15, 0.2) is 16.4 Å². The predicted octanol–water partition coefficient (Wildman–Crippen LogP) is 2.33. The standard InChI is InChI=1S/C18H24N4O3S/c1-20-16(13-23-15-5-3-2-4-6-15)19-22(17(20)26)14-21-9-7-18(8-10-21)24-11-12-25-18/h2-6H,7-14H2,1H3. The Balaban J connectivity index is 1.37. The second-order valence-corrected chi connectivity index (χ2v) is 7.09. The highest BCUT2D eigenvalue weighted by molar-refractivity contribution is 7.71. The van der Waals surface area contributed by atoms with Gasteiger partial charge in [0.05, 0.1) is 19.9 Å². The first kappa shape index (κ1) is 17.7. The van der Waals surface area contributed by atoms with Crippen LogP contribution in [0.1, 0.15) is 18.7 Å². The first-order chi connectivity index (χ1) is 12.7. The van der Waals surface area contributed by atoms with Crippen molar-refractivity contribution in [2.24, 2.45) is 7.05 Å². The largest absolute Gasteiger partial charge is 0.486 e. The predicted molar refractivity (Wildman–Crippen MR) is 98.2 cm³/mol. The number of piperidine rings is 1. The maximum atomic E-state index is 5.80. The van der Waals surface area contributed by atoms with Crippen molar-refractivity contribution in [3.63, 3.8) is 0 Å². The topological polar surface area (TPSA) is 53.7 Å². The van der Waals surface area contributed by atoms with Crippen molar-refractivity contribution in [3.8, 4) is 5.75 Å². The highest BCUT2D eigenvalue weighted by Crippen LogP contribution is 2.31. The molecule has 2 fully saturated rings. The van der Waals surface area contributed by atoms with Crippen LogP contribution in [0.2, 0.25) is 0 Å². The third-order valence-electron chi connectivity index (χ3n) is 5.01. The molecule has 0 amide bonds. The van der Waals surface area contributed by atoms with Gasteiger partial charge in [-0.05, 0) is 24.4 Å². The molecule has 1 aromatic carbocycles. The van der Waals surface area contributed by atoms with Crippen LogP contribution in [0.5, 0.6) is 5.75 Å². The molecule has 2 aliphatic rings. The van der Waals surface area contributed by atoms with Crippen molar-refractivity contribution >= 4 is 12.2 Å². The van der Waals surface area contributed by atoms with E-state index in [2.05, 4.69) is 10.00 Å². The van der Waals surface area contributed by atoms with Crippen molar-refractivity contribution in [2.75, 3.05) is 26.3 Å². The molecular formula is C18H24N4O3S. The molecule has 1 spiro atoms. The van der Waals surface area contributed by atoms with E-state index >= 15 is 0 Å². The number of para-hydroxylation sites is 1. The van der Waals surface area contributed by atoms with Gasteiger partial charge in [0.2, 0.25) is 0 Å². The van der Waals surface area contributed by atoms with Gasteiger partial charge in [-0.1, -0.05) is 18.2 Å². The summed E-state index contributed by atoms with van der Waals surface area (Å²) in [5.41, 5.74) is 0. The number of aromatic nitrogens is 3. The molecule has 2 aromatic rings. The summed E-state index contributed by atoms with van der Waals surface area (Å²) in [6.07, 6.45) is 1.77. The van der Waals surface area contributed by atoms with Crippen LogP contribution in [0, 0.1) is 4.77 Å². The van der Waals surface area contributed by atoms with Gasteiger partial charge in [0, 0.05) is 33.0 Å². The van der Waals surface area contributed by atoms with Gasteiger partial charge in [0.25, 0.3) is 0 Å². The van der Waals surface area contributed by atoms with Crippen LogP contribution in [-0.2, 0) is 29.8 Å². The molecule has 0 unspecified atom stereocenters. The fourth-order valence-corrected chi connectivity index (χ4v) is 3.63. The molecule has 3 heterocycles. The van der Waals surface area contributed by atoms with Crippen LogP contribution in [0.4, 0.5) is 0 Å². The summed E-state index contributed by atoms with van der Waals surface area (Å²) in [5.74, 6) is 1.29. The van der Waals surface area contributed by atoms with Gasteiger partial charge in [-0.25, -0.2) is 4.68 Å². The van der Waals surface area contributed by atoms with E-state index in [9.17, 15) is 0 Å². The van der Waals surface area contributed by atoms with E-state index in [0.29, 0.717) is 31.3 Å². The van der Waals surface area contributed by atoms with E-state index in [1.54, 1.807) is 0 Å². The summed E-state index contributed by atoms with van der Waals surface area (Å²) in [6.45, 7) is 4.30. The lowest BCUT2D eigenvalue weighted by molar-refractivity contribution is -0.187. The number of nitrogens with zero attached hydrogens (tertiary/aromatic N) is 4. The minimum atomic E-state index is -0.350. The normalized spacial score (nSPS) is 19.9. The Morgan fingerprint density at radius 2 is 1.85 bits per heavy atom. The second-order valence-electron chi connectivity index (χ2n) is 6.73. The molecule has 2 saturated heterocycles. The molecule has 0 aliphatic carbocycles. The number of hydrogen-bond donors (Lipinski definition) is 0. The van der Waals surface area contributed by atoms with Gasteiger partial charge in [-0.2, -0.15) is 5.10 Å². The minimum absolute atomic E-state index is 0.350. The third kappa shape index (κ3) is 3.68. The van der Waals surface area contributed by atoms with Crippen LogP contribution in [0.25, 0.3) is 0 Å². The van der Waals surface area contributed by atoms with E-state index in [1.165, 1.54) is 0 Å². The smallest absolute Gasteiger partial charge is 0.198 e. The van der Waals surface area contributed by atoms with Crippen LogP contribution < -0.4 is 4.74 Å². The number of ether oxygens (including phenoxy) is 3. The fourth-order valence-electron chi connectivity index (χ4n) is 3.43. The summed E-state index contributed by atoms with van der Waals surface area (Å²) >= 11 is 5.55. The minimum Gasteiger partial charge on any atom is -0.486 e. The fraction of sp³-hybridized carbons (Fsp3) is 0.556. The van der Waals surface area contributed by atoms with E-state index in [-0.39, 0.29) is 5.79 Å². The van der Waals surface area contributed by atoms with Gasteiger partial charge in [0.1, 0.15) is 12.4 Å². The van der Waals surface area contributed by atoms with E-state index in [4.69, 9.17) is 26.4 Å². The average Bonchev–Trinajstić information content (AvgIpc) is 3.23. The summed E-state index contributed by atoms with van der Waals surface area (Å²) in [7, 11) is 1.93. The maximum Gasteiger partial charge on any atom is 0.198 e. The summed E-state index contributed by atoms with van der Waals surface area (Å²) in [4.78, 5) is 2.33. The highest BCUT2D eigenvalue weighted by atomic mass is 32.1. The molecule has 0 atom stereocenters. The Bertz CT molecular complexity index is 789. The first-order valence-corrected chi connectivity index (χ1v) is 9.37. The van der Waals surface area contributed by atoms with E-state index in [1.807, 2.05) is 46.6 Å². The van der Waals surface area contributed by atoms with Gasteiger partial charge < -0.3 is 18.8 Å². The van der Waals surface area contributed by atoms with Crippen LogP contribution in [0.15, 0.2) is 30.3 Å². The number of rotatable bonds is 5. The Labute approximate surface area is 158 Å². The van der Waals surface area contributed by atoms with Gasteiger partial charge >= 0.3 is 0 Å². The molecule has 0 N–H and O–H groups in total. The van der Waals surface area contributed by atoms with E-state index < -0.39 is 0 Å². The summed E-state index contributed by atoms with van der Waals surface area (Å²) < 4.78 is 21.9. The molecule has 0 radical (unpaired) electrons.